The van der Waals surface area contributed by atoms with Crippen LogP contribution in [0.25, 0.3) is 0 Å². The lowest BCUT2D eigenvalue weighted by Crippen LogP contribution is -2.08. The molecule has 3 N–H and O–H groups in total. The maximum atomic E-state index is 10.3. The summed E-state index contributed by atoms with van der Waals surface area (Å²) in [7, 11) is 0. The number of nitrogens with two attached hydrogens (primary N) is 1. The summed E-state index contributed by atoms with van der Waals surface area (Å²) in [5, 5.41) is 16.3. The Hall–Kier alpha value is -1.47. The van der Waals surface area contributed by atoms with E-state index in [1.807, 2.05) is 6.92 Å². The van der Waals surface area contributed by atoms with E-state index in [-0.39, 0.29) is 18.3 Å². The number of nitro groups is 1. The number of hydrogen-bond acceptors (Lipinski definition) is 5. The monoisotopic (exact) mass is 186 g/mol. The normalized spacial score (nSPS) is 12.8. The van der Waals surface area contributed by atoms with E-state index in [2.05, 4.69) is 15.0 Å². The third-order valence-corrected chi connectivity index (χ3v) is 1.63. The summed E-state index contributed by atoms with van der Waals surface area (Å²) in [6.07, 6.45) is 0. The Labute approximate surface area is 74.0 Å². The zero-order chi connectivity index (χ0) is 9.84. The van der Waals surface area contributed by atoms with Crippen molar-refractivity contribution in [2.75, 3.05) is 6.61 Å². The first-order valence-electron chi connectivity index (χ1n) is 3.66. The van der Waals surface area contributed by atoms with E-state index < -0.39 is 4.92 Å². The number of rotatable bonds is 4. The van der Waals surface area contributed by atoms with E-state index in [0.717, 1.165) is 0 Å². The second kappa shape index (κ2) is 3.97. The molecule has 0 amide bonds. The highest BCUT2D eigenvalue weighted by Crippen LogP contribution is 2.16. The lowest BCUT2D eigenvalue weighted by atomic mass is 10.1. The van der Waals surface area contributed by atoms with E-state index in [1.165, 1.54) is 6.07 Å². The van der Waals surface area contributed by atoms with Gasteiger partial charge in [0, 0.05) is 5.92 Å². The van der Waals surface area contributed by atoms with Gasteiger partial charge in [-0.05, 0) is 4.92 Å². The average Bonchev–Trinajstić information content (AvgIpc) is 2.52. The van der Waals surface area contributed by atoms with Gasteiger partial charge in [0.15, 0.2) is 0 Å². The van der Waals surface area contributed by atoms with Crippen LogP contribution in [0.2, 0.25) is 0 Å². The molecule has 0 radical (unpaired) electrons. The van der Waals surface area contributed by atoms with Gasteiger partial charge in [-0.2, -0.15) is 0 Å². The zero-order valence-electron chi connectivity index (χ0n) is 7.06. The minimum atomic E-state index is -0.535. The zero-order valence-corrected chi connectivity index (χ0v) is 7.06. The largest absolute Gasteiger partial charge is 0.358 e. The van der Waals surface area contributed by atoms with Crippen molar-refractivity contribution in [2.45, 2.75) is 12.8 Å². The fourth-order valence-electron chi connectivity index (χ4n) is 0.902. The van der Waals surface area contributed by atoms with Crippen LogP contribution in [-0.4, -0.2) is 21.7 Å². The van der Waals surface area contributed by atoms with Crippen LogP contribution < -0.4 is 5.90 Å². The van der Waals surface area contributed by atoms with Gasteiger partial charge in [0.1, 0.15) is 0 Å². The molecule has 0 saturated heterocycles. The molecule has 1 heterocycles. The first kappa shape index (κ1) is 9.62. The van der Waals surface area contributed by atoms with E-state index in [1.54, 1.807) is 0 Å². The lowest BCUT2D eigenvalue weighted by Gasteiger charge is -2.02. The molecule has 1 atom stereocenters. The highest BCUT2D eigenvalue weighted by molar-refractivity contribution is 5.22. The molecular formula is C6H10N4O3. The maximum absolute atomic E-state index is 10.3. The highest BCUT2D eigenvalue weighted by atomic mass is 16.6. The molecule has 13 heavy (non-hydrogen) atoms. The van der Waals surface area contributed by atoms with E-state index >= 15 is 0 Å². The van der Waals surface area contributed by atoms with E-state index in [0.29, 0.717) is 5.69 Å². The minimum absolute atomic E-state index is 0.0602. The predicted molar refractivity (Wildman–Crippen MR) is 43.8 cm³/mol. The molecule has 7 heteroatoms. The van der Waals surface area contributed by atoms with E-state index in [9.17, 15) is 10.1 Å². The molecule has 0 aliphatic heterocycles. The molecule has 7 nitrogen and oxygen atoms in total. The summed E-state index contributed by atoms with van der Waals surface area (Å²) in [4.78, 5) is 14.1. The third-order valence-electron chi connectivity index (χ3n) is 1.63. The van der Waals surface area contributed by atoms with Crippen LogP contribution in [0.15, 0.2) is 6.07 Å². The molecule has 0 spiro atoms. The Kier molecular flexibility index (Phi) is 2.93. The van der Waals surface area contributed by atoms with Crippen LogP contribution in [0.4, 0.5) is 5.82 Å². The number of aromatic nitrogens is 2. The van der Waals surface area contributed by atoms with Crippen molar-refractivity contribution in [2.24, 2.45) is 5.90 Å². The molecular weight excluding hydrogens is 176 g/mol. The minimum Gasteiger partial charge on any atom is -0.358 e. The third kappa shape index (κ3) is 2.23. The van der Waals surface area contributed by atoms with Crippen molar-refractivity contribution < 1.29 is 9.76 Å². The van der Waals surface area contributed by atoms with Gasteiger partial charge in [-0.1, -0.05) is 12.0 Å². The summed E-state index contributed by atoms with van der Waals surface area (Å²) in [6, 6.07) is 1.36. The fourth-order valence-corrected chi connectivity index (χ4v) is 0.902. The van der Waals surface area contributed by atoms with Gasteiger partial charge < -0.3 is 15.0 Å². The van der Waals surface area contributed by atoms with Gasteiger partial charge in [0.2, 0.25) is 0 Å². The summed E-state index contributed by atoms with van der Waals surface area (Å²) >= 11 is 0. The van der Waals surface area contributed by atoms with E-state index in [4.69, 9.17) is 5.90 Å². The first-order chi connectivity index (χ1) is 6.15. The van der Waals surface area contributed by atoms with Crippen LogP contribution in [0.3, 0.4) is 0 Å². The Morgan fingerprint density at radius 2 is 2.62 bits per heavy atom. The van der Waals surface area contributed by atoms with Crippen LogP contribution in [0.5, 0.6) is 0 Å². The molecule has 0 bridgehead atoms. The number of H-pyrrole nitrogens is 1. The summed E-state index contributed by atoms with van der Waals surface area (Å²) < 4.78 is 0. The molecule has 0 aromatic carbocycles. The number of nitrogens with one attached hydrogen (secondary N) is 1. The van der Waals surface area contributed by atoms with Crippen LogP contribution in [0, 0.1) is 10.1 Å². The first-order valence-corrected chi connectivity index (χ1v) is 3.66. The standard InChI is InChI=1S/C6H10N4O3/c1-4(3-13-7)5-2-6(9-8-5)10(11)12/h2,4H,3,7H2,1H3,(H,8,9). The Morgan fingerprint density at radius 3 is 3.08 bits per heavy atom. The fraction of sp³-hybridized carbons (Fsp3) is 0.500. The quantitative estimate of drug-likeness (QED) is 0.519. The molecule has 72 valence electrons. The molecule has 0 saturated carbocycles. The maximum Gasteiger partial charge on any atom is 0.342 e. The molecule has 1 aromatic rings. The van der Waals surface area contributed by atoms with Gasteiger partial charge in [-0.15, -0.1) is 5.10 Å². The molecule has 1 unspecified atom stereocenters. The van der Waals surface area contributed by atoms with Crippen molar-refractivity contribution in [1.82, 2.24) is 10.2 Å². The number of aromatic amines is 1. The predicted octanol–water partition coefficient (Wildman–Crippen LogP) is 0.312. The molecule has 0 fully saturated rings. The lowest BCUT2D eigenvalue weighted by molar-refractivity contribution is -0.389. The van der Waals surface area contributed by atoms with Crippen molar-refractivity contribution >= 4 is 5.82 Å². The molecule has 0 aliphatic carbocycles. The van der Waals surface area contributed by atoms with Crippen LogP contribution in [-0.2, 0) is 4.84 Å². The molecule has 0 aliphatic rings. The number of hydrogen-bond donors (Lipinski definition) is 2. The van der Waals surface area contributed by atoms with Gasteiger partial charge in [0.05, 0.1) is 18.4 Å². The highest BCUT2D eigenvalue weighted by Gasteiger charge is 2.15. The van der Waals surface area contributed by atoms with Crippen molar-refractivity contribution in [3.63, 3.8) is 0 Å². The van der Waals surface area contributed by atoms with Crippen LogP contribution in [0.1, 0.15) is 18.5 Å². The summed E-state index contributed by atoms with van der Waals surface area (Å²) in [6.45, 7) is 2.09. The summed E-state index contributed by atoms with van der Waals surface area (Å²) in [5.41, 5.74) is 0.567. The summed E-state index contributed by atoms with van der Waals surface area (Å²) in [5.74, 6) is 4.68. The van der Waals surface area contributed by atoms with Crippen molar-refractivity contribution in [1.29, 1.82) is 0 Å². The Balaban J connectivity index is 2.73. The van der Waals surface area contributed by atoms with Crippen molar-refractivity contribution in [3.8, 4) is 0 Å². The second-order valence-corrected chi connectivity index (χ2v) is 2.67. The Morgan fingerprint density at radius 1 is 1.92 bits per heavy atom. The Bertz CT molecular complexity index is 298. The topological polar surface area (TPSA) is 107 Å². The van der Waals surface area contributed by atoms with Gasteiger partial charge in [-0.3, -0.25) is 0 Å². The molecule has 1 rings (SSSR count). The second-order valence-electron chi connectivity index (χ2n) is 2.67. The van der Waals surface area contributed by atoms with Gasteiger partial charge >= 0.3 is 5.82 Å². The average molecular weight is 186 g/mol. The van der Waals surface area contributed by atoms with Gasteiger partial charge in [-0.25, -0.2) is 5.90 Å². The SMILES string of the molecule is CC(CON)c1cc([N+](=O)[O-])[nH]n1. The van der Waals surface area contributed by atoms with Crippen molar-refractivity contribution in [3.05, 3.63) is 21.9 Å². The molecule has 1 aromatic heterocycles. The van der Waals surface area contributed by atoms with Crippen LogP contribution >= 0.6 is 0 Å². The smallest absolute Gasteiger partial charge is 0.342 e. The van der Waals surface area contributed by atoms with Gasteiger partial charge in [0.25, 0.3) is 0 Å². The number of nitrogens with zero attached hydrogens (tertiary/aromatic N) is 2.